The van der Waals surface area contributed by atoms with Crippen molar-refractivity contribution in [2.45, 2.75) is 37.3 Å². The van der Waals surface area contributed by atoms with Gasteiger partial charge in [-0.2, -0.15) is 0 Å². The molecule has 15 heavy (non-hydrogen) atoms. The van der Waals surface area contributed by atoms with Gasteiger partial charge in [-0.3, -0.25) is 0 Å². The Morgan fingerprint density at radius 1 is 1.60 bits per heavy atom. The quantitative estimate of drug-likeness (QED) is 0.768. The Kier molecular flexibility index (Phi) is 3.78. The third kappa shape index (κ3) is 2.52. The van der Waals surface area contributed by atoms with Gasteiger partial charge in [-0.25, -0.2) is 13.4 Å². The van der Waals surface area contributed by atoms with Crippen LogP contribution in [-0.4, -0.2) is 24.2 Å². The first-order chi connectivity index (χ1) is 6.91. The summed E-state index contributed by atoms with van der Waals surface area (Å²) in [5, 5.41) is 0.104. The van der Waals surface area contributed by atoms with E-state index in [0.29, 0.717) is 0 Å². The summed E-state index contributed by atoms with van der Waals surface area (Å²) in [4.78, 5) is 3.92. The minimum atomic E-state index is -3.28. The molecule has 0 N–H and O–H groups in total. The van der Waals surface area contributed by atoms with Crippen LogP contribution >= 0.6 is 11.6 Å². The zero-order valence-electron chi connectivity index (χ0n) is 9.07. The molecule has 0 aliphatic rings. The number of alkyl halides is 1. The summed E-state index contributed by atoms with van der Waals surface area (Å²) >= 11 is 5.74. The van der Waals surface area contributed by atoms with Crippen LogP contribution in [0, 0.1) is 0 Å². The van der Waals surface area contributed by atoms with Crippen molar-refractivity contribution < 1.29 is 8.42 Å². The second-order valence-electron chi connectivity index (χ2n) is 3.57. The molecule has 0 saturated heterocycles. The maximum absolute atomic E-state index is 11.5. The van der Waals surface area contributed by atoms with Gasteiger partial charge in [-0.15, -0.1) is 11.6 Å². The smallest absolute Gasteiger partial charge is 0.227 e. The lowest BCUT2D eigenvalue weighted by Gasteiger charge is -2.16. The lowest BCUT2D eigenvalue weighted by atomic mass is 10.2. The highest BCUT2D eigenvalue weighted by Crippen LogP contribution is 2.21. The molecule has 86 valence electrons. The minimum Gasteiger partial charge on any atom is -0.315 e. The van der Waals surface area contributed by atoms with E-state index in [0.717, 1.165) is 18.4 Å². The van der Waals surface area contributed by atoms with Crippen molar-refractivity contribution in [2.75, 3.05) is 6.26 Å². The van der Waals surface area contributed by atoms with Gasteiger partial charge in [0.15, 0.2) is 0 Å². The largest absolute Gasteiger partial charge is 0.315 e. The van der Waals surface area contributed by atoms with Crippen molar-refractivity contribution >= 4 is 21.4 Å². The van der Waals surface area contributed by atoms with E-state index in [9.17, 15) is 8.42 Å². The Morgan fingerprint density at radius 3 is 2.60 bits per heavy atom. The molecule has 0 aliphatic heterocycles. The number of hydrogen-bond acceptors (Lipinski definition) is 3. The number of halogens is 1. The molecular weight excluding hydrogens is 236 g/mol. The molecule has 0 aliphatic carbocycles. The highest BCUT2D eigenvalue weighted by Gasteiger charge is 2.20. The molecule has 1 rings (SSSR count). The topological polar surface area (TPSA) is 52.0 Å². The Hall–Kier alpha value is -0.550. The summed E-state index contributed by atoms with van der Waals surface area (Å²) in [6, 6.07) is 0.0889. The van der Waals surface area contributed by atoms with Crippen LogP contribution in [0.4, 0.5) is 0 Å². The number of nitrogens with zero attached hydrogens (tertiary/aromatic N) is 2. The maximum Gasteiger partial charge on any atom is 0.227 e. The highest BCUT2D eigenvalue weighted by molar-refractivity contribution is 7.90. The summed E-state index contributed by atoms with van der Waals surface area (Å²) in [6.45, 7) is 3.95. The second kappa shape index (κ2) is 4.53. The lowest BCUT2D eigenvalue weighted by molar-refractivity contribution is 0.469. The maximum atomic E-state index is 11.5. The van der Waals surface area contributed by atoms with Gasteiger partial charge in [0.05, 0.1) is 17.8 Å². The summed E-state index contributed by atoms with van der Waals surface area (Å²) in [5.74, 6) is 0.271. The van der Waals surface area contributed by atoms with Crippen LogP contribution in [-0.2, 0) is 15.7 Å². The van der Waals surface area contributed by atoms with Gasteiger partial charge in [-0.1, -0.05) is 6.92 Å². The van der Waals surface area contributed by atoms with Crippen molar-refractivity contribution in [3.63, 3.8) is 0 Å². The van der Waals surface area contributed by atoms with Crippen LogP contribution in [0.5, 0.6) is 0 Å². The first kappa shape index (κ1) is 12.5. The minimum absolute atomic E-state index is 0.0889. The molecule has 0 spiro atoms. The van der Waals surface area contributed by atoms with Crippen molar-refractivity contribution in [1.82, 2.24) is 9.55 Å². The van der Waals surface area contributed by atoms with Crippen LogP contribution in [0.15, 0.2) is 11.4 Å². The van der Waals surface area contributed by atoms with E-state index in [1.807, 2.05) is 13.8 Å². The van der Waals surface area contributed by atoms with E-state index >= 15 is 0 Å². The number of aromatic nitrogens is 2. The van der Waals surface area contributed by atoms with E-state index < -0.39 is 9.84 Å². The SMILES string of the molecule is CC[C@H](C)n1c(CCl)cnc1S(C)(=O)=O. The molecule has 1 heterocycles. The summed E-state index contributed by atoms with van der Waals surface area (Å²) in [5.41, 5.74) is 0.742. The lowest BCUT2D eigenvalue weighted by Crippen LogP contribution is -2.14. The molecule has 0 saturated carbocycles. The summed E-state index contributed by atoms with van der Waals surface area (Å²) in [6.07, 6.45) is 3.52. The van der Waals surface area contributed by atoms with Crippen LogP contribution in [0.2, 0.25) is 0 Å². The fourth-order valence-corrected chi connectivity index (χ4v) is 2.50. The first-order valence-electron chi connectivity index (χ1n) is 4.74. The zero-order chi connectivity index (χ0) is 11.6. The molecule has 0 radical (unpaired) electrons. The average Bonchev–Trinajstić information content (AvgIpc) is 2.59. The van der Waals surface area contributed by atoms with Gasteiger partial charge < -0.3 is 4.57 Å². The molecule has 0 bridgehead atoms. The van der Waals surface area contributed by atoms with Crippen LogP contribution in [0.3, 0.4) is 0 Å². The van der Waals surface area contributed by atoms with Crippen molar-refractivity contribution in [2.24, 2.45) is 0 Å². The fourth-order valence-electron chi connectivity index (χ4n) is 1.40. The highest BCUT2D eigenvalue weighted by atomic mass is 35.5. The number of sulfone groups is 1. The van der Waals surface area contributed by atoms with Gasteiger partial charge in [0.2, 0.25) is 15.0 Å². The molecule has 1 aromatic rings. The van der Waals surface area contributed by atoms with Crippen LogP contribution in [0.1, 0.15) is 32.0 Å². The Balaban J connectivity index is 3.36. The van der Waals surface area contributed by atoms with Crippen molar-refractivity contribution in [3.05, 3.63) is 11.9 Å². The Morgan fingerprint density at radius 2 is 2.20 bits per heavy atom. The average molecular weight is 251 g/mol. The second-order valence-corrected chi connectivity index (χ2v) is 5.74. The first-order valence-corrected chi connectivity index (χ1v) is 7.16. The normalized spacial score (nSPS) is 14.1. The molecule has 0 unspecified atom stereocenters. The molecule has 1 aromatic heterocycles. The Labute approximate surface area is 95.2 Å². The van der Waals surface area contributed by atoms with Crippen molar-refractivity contribution in [1.29, 1.82) is 0 Å². The third-order valence-electron chi connectivity index (χ3n) is 2.34. The van der Waals surface area contributed by atoms with Gasteiger partial charge in [-0.05, 0) is 13.3 Å². The van der Waals surface area contributed by atoms with E-state index in [-0.39, 0.29) is 17.1 Å². The molecule has 6 heteroatoms. The number of rotatable bonds is 4. The number of hydrogen-bond donors (Lipinski definition) is 0. The van der Waals surface area contributed by atoms with E-state index in [1.165, 1.54) is 6.20 Å². The van der Waals surface area contributed by atoms with Gasteiger partial charge in [0.25, 0.3) is 0 Å². The molecule has 0 aromatic carbocycles. The van der Waals surface area contributed by atoms with Crippen LogP contribution in [0.25, 0.3) is 0 Å². The molecule has 4 nitrogen and oxygen atoms in total. The van der Waals surface area contributed by atoms with Crippen molar-refractivity contribution in [3.8, 4) is 0 Å². The van der Waals surface area contributed by atoms with E-state index in [2.05, 4.69) is 4.98 Å². The predicted molar refractivity (Wildman–Crippen MR) is 59.9 cm³/mol. The zero-order valence-corrected chi connectivity index (χ0v) is 10.6. The monoisotopic (exact) mass is 250 g/mol. The molecular formula is C9H15ClN2O2S. The summed E-state index contributed by atoms with van der Waals surface area (Å²) < 4.78 is 24.7. The molecule has 1 atom stereocenters. The summed E-state index contributed by atoms with van der Waals surface area (Å²) in [7, 11) is -3.28. The van der Waals surface area contributed by atoms with E-state index in [4.69, 9.17) is 11.6 Å². The predicted octanol–water partition coefficient (Wildman–Crippen LogP) is 2.00. The van der Waals surface area contributed by atoms with Gasteiger partial charge in [0, 0.05) is 12.3 Å². The van der Waals surface area contributed by atoms with Crippen LogP contribution < -0.4 is 0 Å². The standard InChI is InChI=1S/C9H15ClN2O2S/c1-4-7(2)12-8(5-10)6-11-9(12)15(3,13)14/h6-7H,4-5H2,1-3H3/t7-/m0/s1. The number of imidazole rings is 1. The molecule has 0 fully saturated rings. The fraction of sp³-hybridized carbons (Fsp3) is 0.667. The Bertz CT molecular complexity index is 439. The van der Waals surface area contributed by atoms with Gasteiger partial charge >= 0.3 is 0 Å². The van der Waals surface area contributed by atoms with Gasteiger partial charge in [0.1, 0.15) is 0 Å². The van der Waals surface area contributed by atoms with E-state index in [1.54, 1.807) is 4.57 Å². The third-order valence-corrected chi connectivity index (χ3v) is 3.58. The molecule has 0 amide bonds.